The minimum absolute atomic E-state index is 0.112. The van der Waals surface area contributed by atoms with Crippen molar-refractivity contribution in [2.24, 2.45) is 0 Å². The summed E-state index contributed by atoms with van der Waals surface area (Å²) in [6.45, 7) is 12.0. The number of nitrogens with one attached hydrogen (secondary N) is 4. The van der Waals surface area contributed by atoms with Gasteiger partial charge in [0.15, 0.2) is 0 Å². The van der Waals surface area contributed by atoms with Crippen LogP contribution in [0.25, 0.3) is 0 Å². The van der Waals surface area contributed by atoms with Crippen LogP contribution >= 0.6 is 0 Å². The number of amides is 4. The lowest BCUT2D eigenvalue weighted by molar-refractivity contribution is -0.139. The van der Waals surface area contributed by atoms with Crippen LogP contribution in [0.5, 0.6) is 0 Å². The summed E-state index contributed by atoms with van der Waals surface area (Å²) in [6, 6.07) is -0.565. The van der Waals surface area contributed by atoms with Crippen molar-refractivity contribution in [3.63, 3.8) is 0 Å². The minimum atomic E-state index is -0.468. The van der Waals surface area contributed by atoms with Crippen molar-refractivity contribution < 1.29 is 28.7 Å². The van der Waals surface area contributed by atoms with Gasteiger partial charge in [-0.05, 0) is 26.7 Å². The Morgan fingerprint density at radius 3 is 1.22 bits per heavy atom. The quantitative estimate of drug-likeness (QED) is 0.151. The van der Waals surface area contributed by atoms with E-state index in [2.05, 4.69) is 34.4 Å². The lowest BCUT2D eigenvalue weighted by Crippen LogP contribution is -2.38. The Morgan fingerprint density at radius 2 is 0.875 bits per heavy atom. The Morgan fingerprint density at radius 1 is 0.562 bits per heavy atom. The van der Waals surface area contributed by atoms with Crippen molar-refractivity contribution in [1.82, 2.24) is 21.3 Å². The number of urea groups is 2. The van der Waals surface area contributed by atoms with Crippen LogP contribution in [0.15, 0.2) is 24.3 Å². The Bertz CT molecular complexity index is 582. The minimum Gasteiger partial charge on any atom is -0.460 e. The Kier molecular flexibility index (Phi) is 16.9. The van der Waals surface area contributed by atoms with Gasteiger partial charge in [-0.1, -0.05) is 38.8 Å². The average molecular weight is 455 g/mol. The highest BCUT2D eigenvalue weighted by molar-refractivity contribution is 5.87. The van der Waals surface area contributed by atoms with E-state index in [0.717, 1.165) is 38.5 Å². The van der Waals surface area contributed by atoms with Crippen molar-refractivity contribution in [3.8, 4) is 0 Å². The van der Waals surface area contributed by atoms with Crippen LogP contribution in [0.3, 0.4) is 0 Å². The molecule has 0 aromatic carbocycles. The molecule has 0 rings (SSSR count). The molecule has 32 heavy (non-hydrogen) atoms. The van der Waals surface area contributed by atoms with E-state index in [0.29, 0.717) is 24.2 Å². The molecule has 0 aliphatic rings. The van der Waals surface area contributed by atoms with E-state index in [9.17, 15) is 19.2 Å². The predicted molar refractivity (Wildman–Crippen MR) is 122 cm³/mol. The fourth-order valence-corrected chi connectivity index (χ4v) is 2.35. The molecular formula is C22H38N4O6. The molecule has 0 heterocycles. The van der Waals surface area contributed by atoms with Crippen molar-refractivity contribution in [2.45, 2.75) is 52.4 Å². The van der Waals surface area contributed by atoms with Crippen molar-refractivity contribution in [3.05, 3.63) is 24.3 Å². The van der Waals surface area contributed by atoms with Gasteiger partial charge >= 0.3 is 24.0 Å². The third-order valence-electron chi connectivity index (χ3n) is 4.11. The highest BCUT2D eigenvalue weighted by Gasteiger charge is 2.05. The van der Waals surface area contributed by atoms with Gasteiger partial charge in [0.05, 0.1) is 13.1 Å². The zero-order valence-corrected chi connectivity index (χ0v) is 19.3. The molecule has 0 spiro atoms. The summed E-state index contributed by atoms with van der Waals surface area (Å²) in [6.07, 6.45) is 5.89. The smallest absolute Gasteiger partial charge is 0.333 e. The van der Waals surface area contributed by atoms with E-state index in [-0.39, 0.29) is 38.4 Å². The number of esters is 2. The molecule has 4 amide bonds. The first-order valence-electron chi connectivity index (χ1n) is 10.9. The lowest BCUT2D eigenvalue weighted by atomic mass is 10.1. The monoisotopic (exact) mass is 454 g/mol. The molecule has 0 aliphatic carbocycles. The maximum atomic E-state index is 11.6. The van der Waals surface area contributed by atoms with E-state index < -0.39 is 11.9 Å². The first kappa shape index (κ1) is 29.0. The van der Waals surface area contributed by atoms with Gasteiger partial charge in [-0.15, -0.1) is 0 Å². The van der Waals surface area contributed by atoms with Crippen molar-refractivity contribution in [2.75, 3.05) is 39.4 Å². The largest absolute Gasteiger partial charge is 0.460 e. The standard InChI is InChI=1S/C22H38N4O6/c1-17(2)19(27)31-15-13-25-21(29)23-11-9-7-5-6-8-10-12-24-22(30)26-14-16-32-20(28)18(3)4/h1,3,5-16H2,2,4H3,(H2,23,25,29)(H2,24,26,30). The molecule has 10 heteroatoms. The second-order valence-corrected chi connectivity index (χ2v) is 7.32. The van der Waals surface area contributed by atoms with Crippen molar-refractivity contribution >= 4 is 24.0 Å². The van der Waals surface area contributed by atoms with Crippen LogP contribution in [0.2, 0.25) is 0 Å². The second kappa shape index (κ2) is 18.7. The van der Waals surface area contributed by atoms with E-state index in [1.54, 1.807) is 13.8 Å². The molecule has 0 aromatic rings. The zero-order valence-electron chi connectivity index (χ0n) is 19.3. The van der Waals surface area contributed by atoms with E-state index in [1.807, 2.05) is 0 Å². The molecule has 182 valence electrons. The molecule has 0 unspecified atom stereocenters. The van der Waals surface area contributed by atoms with E-state index >= 15 is 0 Å². The van der Waals surface area contributed by atoms with Crippen LogP contribution < -0.4 is 21.3 Å². The van der Waals surface area contributed by atoms with Crippen LogP contribution in [0.4, 0.5) is 9.59 Å². The Hall–Kier alpha value is -3.04. The highest BCUT2D eigenvalue weighted by Crippen LogP contribution is 2.04. The van der Waals surface area contributed by atoms with E-state index in [4.69, 9.17) is 9.47 Å². The number of hydrogen-bond acceptors (Lipinski definition) is 6. The molecular weight excluding hydrogens is 416 g/mol. The average Bonchev–Trinajstić information content (AvgIpc) is 2.74. The number of carbonyl (C=O) groups is 4. The molecule has 0 saturated heterocycles. The molecule has 0 aromatic heterocycles. The third kappa shape index (κ3) is 17.8. The van der Waals surface area contributed by atoms with Gasteiger partial charge in [-0.3, -0.25) is 0 Å². The van der Waals surface area contributed by atoms with Crippen molar-refractivity contribution in [1.29, 1.82) is 0 Å². The van der Waals surface area contributed by atoms with Gasteiger partial charge < -0.3 is 30.7 Å². The summed E-state index contributed by atoms with van der Waals surface area (Å²) in [5.41, 5.74) is 0.652. The van der Waals surface area contributed by atoms with Gasteiger partial charge in [-0.25, -0.2) is 19.2 Å². The fraction of sp³-hybridized carbons (Fsp3) is 0.636. The first-order valence-corrected chi connectivity index (χ1v) is 10.9. The van der Waals surface area contributed by atoms with Crippen LogP contribution in [0, 0.1) is 0 Å². The SMILES string of the molecule is C=C(C)C(=O)OCCNC(=O)NCCCCCCCCNC(=O)NCCOC(=O)C(=C)C. The summed E-state index contributed by atoms with van der Waals surface area (Å²) in [7, 11) is 0. The Balaban J connectivity index is 3.39. The molecule has 10 nitrogen and oxygen atoms in total. The van der Waals surface area contributed by atoms with Gasteiger partial charge in [0.25, 0.3) is 0 Å². The van der Waals surface area contributed by atoms with Crippen LogP contribution in [0.1, 0.15) is 52.4 Å². The molecule has 0 atom stereocenters. The molecule has 4 N–H and O–H groups in total. The lowest BCUT2D eigenvalue weighted by Gasteiger charge is -2.09. The second-order valence-electron chi connectivity index (χ2n) is 7.32. The number of carbonyl (C=O) groups excluding carboxylic acids is 4. The zero-order chi connectivity index (χ0) is 24.2. The normalized spacial score (nSPS) is 9.94. The molecule has 0 fully saturated rings. The fourth-order valence-electron chi connectivity index (χ4n) is 2.35. The van der Waals surface area contributed by atoms with Gasteiger partial charge in [0, 0.05) is 24.2 Å². The first-order chi connectivity index (χ1) is 15.2. The summed E-state index contributed by atoms with van der Waals surface area (Å²) in [4.78, 5) is 45.5. The molecule has 0 saturated carbocycles. The van der Waals surface area contributed by atoms with Crippen LogP contribution in [-0.4, -0.2) is 63.4 Å². The van der Waals surface area contributed by atoms with Crippen LogP contribution in [-0.2, 0) is 19.1 Å². The maximum absolute atomic E-state index is 11.6. The van der Waals surface area contributed by atoms with E-state index in [1.165, 1.54) is 0 Å². The highest BCUT2D eigenvalue weighted by atomic mass is 16.5. The molecule has 0 radical (unpaired) electrons. The number of unbranched alkanes of at least 4 members (excludes halogenated alkanes) is 5. The summed E-state index contributed by atoms with van der Waals surface area (Å²) in [5, 5.41) is 10.7. The van der Waals surface area contributed by atoms with Gasteiger partial charge in [0.2, 0.25) is 0 Å². The number of rotatable bonds is 17. The topological polar surface area (TPSA) is 135 Å². The third-order valence-corrected chi connectivity index (χ3v) is 4.11. The number of ether oxygens (including phenoxy) is 2. The van der Waals surface area contributed by atoms with Gasteiger partial charge in [-0.2, -0.15) is 0 Å². The number of hydrogen-bond donors (Lipinski definition) is 4. The Labute approximate surface area is 190 Å². The van der Waals surface area contributed by atoms with Gasteiger partial charge in [0.1, 0.15) is 13.2 Å². The summed E-state index contributed by atoms with van der Waals surface area (Å²) < 4.78 is 9.75. The summed E-state index contributed by atoms with van der Waals surface area (Å²) >= 11 is 0. The predicted octanol–water partition coefficient (Wildman–Crippen LogP) is 2.16. The summed E-state index contributed by atoms with van der Waals surface area (Å²) in [5.74, 6) is -0.935. The maximum Gasteiger partial charge on any atom is 0.333 e. The molecule has 0 aliphatic heterocycles. The molecule has 0 bridgehead atoms.